The smallest absolute Gasteiger partial charge is 0.124 e. The molecule has 0 aliphatic carbocycles. The summed E-state index contributed by atoms with van der Waals surface area (Å²) in [4.78, 5) is 0. The van der Waals surface area contributed by atoms with Gasteiger partial charge in [-0.3, -0.25) is 0 Å². The van der Waals surface area contributed by atoms with Crippen molar-refractivity contribution in [2.45, 2.75) is 25.3 Å². The highest BCUT2D eigenvalue weighted by Crippen LogP contribution is 2.26. The third-order valence-corrected chi connectivity index (χ3v) is 3.84. The van der Waals surface area contributed by atoms with Crippen LogP contribution in [0.3, 0.4) is 0 Å². The number of ether oxygens (including phenoxy) is 2. The molecule has 20 heavy (non-hydrogen) atoms. The maximum Gasteiger partial charge on any atom is 0.124 e. The number of halogens is 1. The zero-order valence-electron chi connectivity index (χ0n) is 11.9. The molecule has 0 unspecified atom stereocenters. The van der Waals surface area contributed by atoms with E-state index in [0.29, 0.717) is 6.61 Å². The van der Waals surface area contributed by atoms with Gasteiger partial charge in [-0.05, 0) is 35.7 Å². The SMILES string of the molecule is CCc1ccc(COc2ccc(OC)cc2CBr)cc1. The molecule has 3 heteroatoms. The number of rotatable bonds is 6. The molecule has 0 heterocycles. The van der Waals surface area contributed by atoms with Gasteiger partial charge in [0.25, 0.3) is 0 Å². The molecule has 2 rings (SSSR count). The lowest BCUT2D eigenvalue weighted by Gasteiger charge is -2.12. The van der Waals surface area contributed by atoms with E-state index >= 15 is 0 Å². The predicted molar refractivity (Wildman–Crippen MR) is 85.8 cm³/mol. The van der Waals surface area contributed by atoms with Crippen LogP contribution in [0.5, 0.6) is 11.5 Å². The van der Waals surface area contributed by atoms with Crippen molar-refractivity contribution in [2.75, 3.05) is 7.11 Å². The van der Waals surface area contributed by atoms with E-state index in [-0.39, 0.29) is 0 Å². The summed E-state index contributed by atoms with van der Waals surface area (Å²) in [5, 5.41) is 0.744. The molecule has 0 N–H and O–H groups in total. The summed E-state index contributed by atoms with van der Waals surface area (Å²) in [5.41, 5.74) is 3.62. The highest BCUT2D eigenvalue weighted by atomic mass is 79.9. The van der Waals surface area contributed by atoms with Crippen molar-refractivity contribution in [3.63, 3.8) is 0 Å². The van der Waals surface area contributed by atoms with E-state index in [2.05, 4.69) is 47.1 Å². The van der Waals surface area contributed by atoms with Crippen LogP contribution in [0.1, 0.15) is 23.6 Å². The molecule has 2 nitrogen and oxygen atoms in total. The molecule has 0 aliphatic rings. The minimum absolute atomic E-state index is 0.580. The van der Waals surface area contributed by atoms with Crippen LogP contribution in [-0.2, 0) is 18.4 Å². The van der Waals surface area contributed by atoms with Crippen LogP contribution < -0.4 is 9.47 Å². The van der Waals surface area contributed by atoms with Crippen LogP contribution in [0.2, 0.25) is 0 Å². The second kappa shape index (κ2) is 7.34. The molecule has 0 bridgehead atoms. The second-order valence-electron chi connectivity index (χ2n) is 4.57. The summed E-state index contributed by atoms with van der Waals surface area (Å²) in [6.07, 6.45) is 1.06. The van der Waals surface area contributed by atoms with Crippen LogP contribution >= 0.6 is 15.9 Å². The minimum Gasteiger partial charge on any atom is -0.497 e. The largest absolute Gasteiger partial charge is 0.497 e. The molecule has 0 saturated carbocycles. The Hall–Kier alpha value is -1.48. The lowest BCUT2D eigenvalue weighted by atomic mass is 10.1. The molecular weight excluding hydrogens is 316 g/mol. The van der Waals surface area contributed by atoms with E-state index in [1.165, 1.54) is 11.1 Å². The Balaban J connectivity index is 2.05. The quantitative estimate of drug-likeness (QED) is 0.711. The van der Waals surface area contributed by atoms with E-state index in [0.717, 1.165) is 28.8 Å². The third-order valence-electron chi connectivity index (χ3n) is 3.24. The Kier molecular flexibility index (Phi) is 5.48. The topological polar surface area (TPSA) is 18.5 Å². The maximum absolute atomic E-state index is 5.90. The van der Waals surface area contributed by atoms with Gasteiger partial charge in [-0.2, -0.15) is 0 Å². The minimum atomic E-state index is 0.580. The number of benzene rings is 2. The fourth-order valence-electron chi connectivity index (χ4n) is 1.96. The van der Waals surface area contributed by atoms with Gasteiger partial charge < -0.3 is 9.47 Å². The fourth-order valence-corrected chi connectivity index (χ4v) is 2.40. The molecule has 2 aromatic carbocycles. The number of aryl methyl sites for hydroxylation is 1. The molecular formula is C17H19BrO2. The molecule has 106 valence electrons. The summed E-state index contributed by atoms with van der Waals surface area (Å²) in [6.45, 7) is 2.74. The van der Waals surface area contributed by atoms with Gasteiger partial charge >= 0.3 is 0 Å². The summed E-state index contributed by atoms with van der Waals surface area (Å²) in [7, 11) is 1.67. The highest BCUT2D eigenvalue weighted by molar-refractivity contribution is 9.08. The van der Waals surface area contributed by atoms with Crippen molar-refractivity contribution in [1.82, 2.24) is 0 Å². The Labute approximate surface area is 128 Å². The molecule has 2 aromatic rings. The van der Waals surface area contributed by atoms with Crippen molar-refractivity contribution in [3.05, 3.63) is 59.2 Å². The molecule has 0 radical (unpaired) electrons. The third kappa shape index (κ3) is 3.76. The molecule has 0 fully saturated rings. The number of hydrogen-bond donors (Lipinski definition) is 0. The van der Waals surface area contributed by atoms with Crippen molar-refractivity contribution >= 4 is 15.9 Å². The van der Waals surface area contributed by atoms with E-state index in [1.54, 1.807) is 7.11 Å². The van der Waals surface area contributed by atoms with Crippen molar-refractivity contribution < 1.29 is 9.47 Å². The molecule has 0 aliphatic heterocycles. The van der Waals surface area contributed by atoms with Gasteiger partial charge in [-0.1, -0.05) is 47.1 Å². The number of alkyl halides is 1. The maximum atomic E-state index is 5.90. The van der Waals surface area contributed by atoms with Gasteiger partial charge in [0.1, 0.15) is 18.1 Å². The lowest BCUT2D eigenvalue weighted by Crippen LogP contribution is -1.98. The Bertz CT molecular complexity index is 549. The molecule has 0 saturated heterocycles. The summed E-state index contributed by atoms with van der Waals surface area (Å²) >= 11 is 3.48. The standard InChI is InChI=1S/C17H19BrO2/c1-3-13-4-6-14(7-5-13)12-20-17-9-8-16(19-2)10-15(17)11-18/h4-10H,3,11-12H2,1-2H3. The zero-order chi connectivity index (χ0) is 14.4. The monoisotopic (exact) mass is 334 g/mol. The predicted octanol–water partition coefficient (Wildman–Crippen LogP) is 4.73. The van der Waals surface area contributed by atoms with Gasteiger partial charge in [-0.25, -0.2) is 0 Å². The lowest BCUT2D eigenvalue weighted by molar-refractivity contribution is 0.303. The van der Waals surface area contributed by atoms with Crippen LogP contribution in [0.4, 0.5) is 0 Å². The molecule has 0 spiro atoms. The van der Waals surface area contributed by atoms with E-state index in [9.17, 15) is 0 Å². The van der Waals surface area contributed by atoms with E-state index in [4.69, 9.17) is 9.47 Å². The van der Waals surface area contributed by atoms with Crippen LogP contribution in [-0.4, -0.2) is 7.11 Å². The molecule has 0 aromatic heterocycles. The fraction of sp³-hybridized carbons (Fsp3) is 0.294. The van der Waals surface area contributed by atoms with Crippen molar-refractivity contribution in [3.8, 4) is 11.5 Å². The number of hydrogen-bond acceptors (Lipinski definition) is 2. The second-order valence-corrected chi connectivity index (χ2v) is 5.13. The molecule has 0 atom stereocenters. The van der Waals surface area contributed by atoms with Crippen LogP contribution in [0.25, 0.3) is 0 Å². The summed E-state index contributed by atoms with van der Waals surface area (Å²) < 4.78 is 11.1. The normalized spacial score (nSPS) is 10.3. The zero-order valence-corrected chi connectivity index (χ0v) is 13.4. The van der Waals surface area contributed by atoms with Crippen molar-refractivity contribution in [2.24, 2.45) is 0 Å². The van der Waals surface area contributed by atoms with Gasteiger partial charge in [0.05, 0.1) is 7.11 Å². The van der Waals surface area contributed by atoms with E-state index in [1.807, 2.05) is 18.2 Å². The van der Waals surface area contributed by atoms with Gasteiger partial charge in [0.2, 0.25) is 0 Å². The first-order valence-corrected chi connectivity index (χ1v) is 7.82. The Morgan fingerprint density at radius 2 is 1.70 bits per heavy atom. The van der Waals surface area contributed by atoms with Gasteiger partial charge in [0.15, 0.2) is 0 Å². The van der Waals surface area contributed by atoms with Crippen LogP contribution in [0, 0.1) is 0 Å². The van der Waals surface area contributed by atoms with Gasteiger partial charge in [-0.15, -0.1) is 0 Å². The first-order valence-electron chi connectivity index (χ1n) is 6.70. The van der Waals surface area contributed by atoms with Crippen LogP contribution in [0.15, 0.2) is 42.5 Å². The average Bonchev–Trinajstić information content (AvgIpc) is 2.53. The Morgan fingerprint density at radius 3 is 2.30 bits per heavy atom. The van der Waals surface area contributed by atoms with E-state index < -0.39 is 0 Å². The van der Waals surface area contributed by atoms with Gasteiger partial charge in [0, 0.05) is 10.9 Å². The number of methoxy groups -OCH3 is 1. The summed E-state index contributed by atoms with van der Waals surface area (Å²) in [5.74, 6) is 1.74. The highest BCUT2D eigenvalue weighted by Gasteiger charge is 2.05. The molecule has 0 amide bonds. The average molecular weight is 335 g/mol. The summed E-state index contributed by atoms with van der Waals surface area (Å²) in [6, 6.07) is 14.4. The first kappa shape index (κ1) is 14.9. The first-order chi connectivity index (χ1) is 9.76. The van der Waals surface area contributed by atoms with Crippen molar-refractivity contribution in [1.29, 1.82) is 0 Å². The Morgan fingerprint density at radius 1 is 1.00 bits per heavy atom.